The maximum Gasteiger partial charge on any atom is 0.317 e. The molecule has 1 saturated carbocycles. The highest BCUT2D eigenvalue weighted by atomic mass is 32.1. The van der Waals surface area contributed by atoms with Gasteiger partial charge in [-0.2, -0.15) is 0 Å². The van der Waals surface area contributed by atoms with Gasteiger partial charge in [-0.05, 0) is 125 Å². The lowest BCUT2D eigenvalue weighted by molar-refractivity contribution is -0.137. The van der Waals surface area contributed by atoms with E-state index in [4.69, 9.17) is 0 Å². The number of pyridine rings is 1. The third-order valence-corrected chi connectivity index (χ3v) is 13.4. The Bertz CT molecular complexity index is 1520. The number of hydrogen-bond donors (Lipinski definition) is 2. The number of H-pyrrole nitrogens is 1. The number of nitrogens with one attached hydrogen (secondary N) is 2. The van der Waals surface area contributed by atoms with Crippen LogP contribution in [0.4, 0.5) is 4.79 Å². The molecule has 4 atom stereocenters. The van der Waals surface area contributed by atoms with Gasteiger partial charge in [-0.1, -0.05) is 20.8 Å². The fourth-order valence-electron chi connectivity index (χ4n) is 9.54. The monoisotopic (exact) mass is 643 g/mol. The van der Waals surface area contributed by atoms with E-state index >= 15 is 0 Å². The summed E-state index contributed by atoms with van der Waals surface area (Å²) in [6.07, 6.45) is 14.0. The van der Waals surface area contributed by atoms with Crippen molar-refractivity contribution < 1.29 is 9.59 Å². The molecule has 3 aromatic heterocycles. The number of aromatic nitrogens is 2. The molecule has 3 aliphatic heterocycles. The summed E-state index contributed by atoms with van der Waals surface area (Å²) in [7, 11) is 0. The van der Waals surface area contributed by atoms with Gasteiger partial charge in [0.2, 0.25) is 5.91 Å². The van der Waals surface area contributed by atoms with Crippen molar-refractivity contribution >= 4 is 33.5 Å². The zero-order valence-corrected chi connectivity index (χ0v) is 29.3. The first-order chi connectivity index (χ1) is 22.1. The van der Waals surface area contributed by atoms with Crippen molar-refractivity contribution in [1.29, 1.82) is 0 Å². The van der Waals surface area contributed by atoms with E-state index in [9.17, 15) is 9.59 Å². The van der Waals surface area contributed by atoms with Gasteiger partial charge in [0.25, 0.3) is 0 Å². The third kappa shape index (κ3) is 5.88. The summed E-state index contributed by atoms with van der Waals surface area (Å²) in [5, 5.41) is 4.58. The SMILES string of the molecule is CC1CC(c2[nH]c3sc(C(C)(C)C(=O)N4C5CCC4CC5)cc3c2[C@H](C)CNC(=O)N2CCC(c3ccncc3)CC2)C[C@H](C)C1. The third-order valence-electron chi connectivity index (χ3n) is 12.0. The van der Waals surface area contributed by atoms with Gasteiger partial charge >= 0.3 is 6.03 Å². The fourth-order valence-corrected chi connectivity index (χ4v) is 10.7. The van der Waals surface area contributed by atoms with Crippen LogP contribution in [0.15, 0.2) is 30.6 Å². The van der Waals surface area contributed by atoms with Crippen LogP contribution in [-0.4, -0.2) is 63.4 Å². The van der Waals surface area contributed by atoms with Crippen molar-refractivity contribution in [2.45, 2.75) is 128 Å². The summed E-state index contributed by atoms with van der Waals surface area (Å²) < 4.78 is 0. The first-order valence-corrected chi connectivity index (χ1v) is 18.8. The van der Waals surface area contributed by atoms with Gasteiger partial charge in [0.15, 0.2) is 0 Å². The molecule has 2 N–H and O–H groups in total. The summed E-state index contributed by atoms with van der Waals surface area (Å²) in [6.45, 7) is 13.5. The maximum absolute atomic E-state index is 14.0. The number of thiophene rings is 1. The van der Waals surface area contributed by atoms with Crippen molar-refractivity contribution in [1.82, 2.24) is 25.1 Å². The van der Waals surface area contributed by atoms with Crippen molar-refractivity contribution in [2.24, 2.45) is 11.8 Å². The number of rotatable bonds is 7. The molecule has 3 aromatic rings. The van der Waals surface area contributed by atoms with Gasteiger partial charge in [-0.25, -0.2) is 4.79 Å². The molecule has 7 rings (SSSR count). The maximum atomic E-state index is 14.0. The molecule has 46 heavy (non-hydrogen) atoms. The average Bonchev–Trinajstić information content (AvgIpc) is 3.83. The largest absolute Gasteiger partial charge is 0.350 e. The van der Waals surface area contributed by atoms with Gasteiger partial charge in [0.1, 0.15) is 4.83 Å². The second-order valence-corrected chi connectivity index (χ2v) is 16.9. The molecule has 0 radical (unpaired) electrons. The molecule has 7 nitrogen and oxygen atoms in total. The van der Waals surface area contributed by atoms with E-state index in [0.29, 0.717) is 48.2 Å². The van der Waals surface area contributed by atoms with Crippen LogP contribution in [0.5, 0.6) is 0 Å². The van der Waals surface area contributed by atoms with E-state index in [1.807, 2.05) is 17.3 Å². The molecule has 6 heterocycles. The summed E-state index contributed by atoms with van der Waals surface area (Å²) in [5.74, 6) is 2.85. The van der Waals surface area contributed by atoms with Gasteiger partial charge in [0, 0.05) is 66.0 Å². The molecular formula is C38H53N5O2S. The number of nitrogens with zero attached hydrogens (tertiary/aromatic N) is 3. The fraction of sp³-hybridized carbons (Fsp3) is 0.658. The molecule has 2 unspecified atom stereocenters. The Hall–Kier alpha value is -2.87. The molecule has 0 aromatic carbocycles. The van der Waals surface area contributed by atoms with Crippen LogP contribution in [0.1, 0.15) is 132 Å². The van der Waals surface area contributed by atoms with E-state index in [1.54, 1.807) is 11.3 Å². The van der Waals surface area contributed by atoms with Crippen molar-refractivity contribution in [3.8, 4) is 0 Å². The van der Waals surface area contributed by atoms with Crippen molar-refractivity contribution in [2.75, 3.05) is 19.6 Å². The van der Waals surface area contributed by atoms with Gasteiger partial charge in [-0.15, -0.1) is 11.3 Å². The summed E-state index contributed by atoms with van der Waals surface area (Å²) in [6, 6.07) is 7.45. The number of piperidine rings is 1. The number of aromatic amines is 1. The Morgan fingerprint density at radius 3 is 2.24 bits per heavy atom. The zero-order valence-electron chi connectivity index (χ0n) is 28.5. The Labute approximate surface area is 278 Å². The van der Waals surface area contributed by atoms with Gasteiger partial charge in [-0.3, -0.25) is 9.78 Å². The topological polar surface area (TPSA) is 81.3 Å². The predicted octanol–water partition coefficient (Wildman–Crippen LogP) is 8.29. The Morgan fingerprint density at radius 1 is 0.978 bits per heavy atom. The molecule has 2 bridgehead atoms. The van der Waals surface area contributed by atoms with Crippen LogP contribution in [0, 0.1) is 11.8 Å². The zero-order chi connectivity index (χ0) is 32.2. The second kappa shape index (κ2) is 12.6. The van der Waals surface area contributed by atoms with Crippen LogP contribution < -0.4 is 5.32 Å². The number of urea groups is 1. The first kappa shape index (κ1) is 31.7. The summed E-state index contributed by atoms with van der Waals surface area (Å²) >= 11 is 1.78. The van der Waals surface area contributed by atoms with Crippen molar-refractivity contribution in [3.05, 3.63) is 52.3 Å². The van der Waals surface area contributed by atoms with Gasteiger partial charge < -0.3 is 20.1 Å². The van der Waals surface area contributed by atoms with Gasteiger partial charge in [0.05, 0.1) is 5.41 Å². The van der Waals surface area contributed by atoms with E-state index in [-0.39, 0.29) is 11.9 Å². The minimum absolute atomic E-state index is 0.0475. The second-order valence-electron chi connectivity index (χ2n) is 15.8. The highest BCUT2D eigenvalue weighted by Crippen LogP contribution is 2.47. The molecule has 4 fully saturated rings. The molecule has 3 saturated heterocycles. The lowest BCUT2D eigenvalue weighted by atomic mass is 9.74. The Balaban J connectivity index is 1.10. The van der Waals surface area contributed by atoms with Crippen LogP contribution in [0.2, 0.25) is 0 Å². The normalized spacial score (nSPS) is 27.8. The molecule has 248 valence electrons. The Kier molecular flexibility index (Phi) is 8.71. The van der Waals surface area contributed by atoms with E-state index in [1.165, 1.54) is 46.3 Å². The van der Waals surface area contributed by atoms with E-state index < -0.39 is 5.41 Å². The number of fused-ring (bicyclic) bond motifs is 3. The Morgan fingerprint density at radius 2 is 1.61 bits per heavy atom. The molecule has 3 amide bonds. The smallest absolute Gasteiger partial charge is 0.317 e. The molecular weight excluding hydrogens is 591 g/mol. The number of carbonyl (C=O) groups is 2. The minimum atomic E-state index is -0.555. The first-order valence-electron chi connectivity index (χ1n) is 18.0. The van der Waals surface area contributed by atoms with E-state index in [2.05, 4.69) is 73.0 Å². The molecule has 4 aliphatic rings. The lowest BCUT2D eigenvalue weighted by Gasteiger charge is -2.33. The standard InChI is InChI=1S/C38H53N5O2S/c1-23-18-24(2)20-28(19-23)34-33(25(3)22-40-37(45)42-16-12-27(13-17-42)26-10-14-39-15-11-26)31-21-32(46-35(31)41-34)38(4,5)36(44)43-29-6-7-30(43)9-8-29/h10-11,14-15,21,23-25,27-30,41H,6-9,12-13,16-20,22H2,1-5H3,(H,40,45)/t23-,24?,25-,28?,29?,30?/m1/s1. The molecule has 8 heteroatoms. The molecule has 1 aliphatic carbocycles. The molecule has 0 spiro atoms. The minimum Gasteiger partial charge on any atom is -0.350 e. The van der Waals surface area contributed by atoms with Crippen LogP contribution in [0.25, 0.3) is 10.2 Å². The van der Waals surface area contributed by atoms with Crippen LogP contribution in [-0.2, 0) is 10.2 Å². The number of carbonyl (C=O) groups excluding carboxylic acids is 2. The highest BCUT2D eigenvalue weighted by molar-refractivity contribution is 7.19. The quantitative estimate of drug-likeness (QED) is 0.272. The van der Waals surface area contributed by atoms with Crippen molar-refractivity contribution in [3.63, 3.8) is 0 Å². The highest BCUT2D eigenvalue weighted by Gasteiger charge is 2.47. The summed E-state index contributed by atoms with van der Waals surface area (Å²) in [4.78, 5) is 42.1. The van der Waals surface area contributed by atoms with E-state index in [0.717, 1.165) is 56.5 Å². The van der Waals surface area contributed by atoms with Crippen LogP contribution >= 0.6 is 11.3 Å². The van der Waals surface area contributed by atoms with Crippen LogP contribution in [0.3, 0.4) is 0 Å². The predicted molar refractivity (Wildman–Crippen MR) is 187 cm³/mol. The lowest BCUT2D eigenvalue weighted by Crippen LogP contribution is -2.45. The average molecular weight is 644 g/mol. The number of likely N-dealkylation sites (tertiary alicyclic amines) is 1. The number of amides is 3. The number of hydrogen-bond acceptors (Lipinski definition) is 4. The summed E-state index contributed by atoms with van der Waals surface area (Å²) in [5.41, 5.74) is 3.49.